The van der Waals surface area contributed by atoms with Crippen molar-refractivity contribution in [3.8, 4) is 5.88 Å². The van der Waals surface area contributed by atoms with Crippen LogP contribution in [0.15, 0.2) is 36.7 Å². The molecule has 1 atom stereocenters. The third kappa shape index (κ3) is 4.60. The van der Waals surface area contributed by atoms with Crippen LogP contribution in [0, 0.1) is 11.7 Å². The number of aromatic nitrogens is 2. The molecule has 0 fully saturated rings. The number of nitrogens with zero attached hydrogens (tertiary/aromatic N) is 4. The van der Waals surface area contributed by atoms with Crippen molar-refractivity contribution in [2.24, 2.45) is 5.92 Å². The molecular weight excluding hydrogens is 335 g/mol. The second-order valence-corrected chi connectivity index (χ2v) is 6.96. The summed E-state index contributed by atoms with van der Waals surface area (Å²) >= 11 is 0. The molecule has 2 aromatic rings. The van der Waals surface area contributed by atoms with Crippen LogP contribution in [0.2, 0.25) is 0 Å². The van der Waals surface area contributed by atoms with Gasteiger partial charge in [-0.2, -0.15) is 0 Å². The van der Waals surface area contributed by atoms with Gasteiger partial charge in [0.2, 0.25) is 11.8 Å². The molecule has 0 spiro atoms. The van der Waals surface area contributed by atoms with Crippen LogP contribution < -0.4 is 4.74 Å². The molecule has 0 radical (unpaired) electrons. The topological polar surface area (TPSA) is 50.6 Å². The molecule has 1 aliphatic rings. The number of carbonyl (C=O) groups is 1. The molecule has 1 amide bonds. The molecule has 3 heterocycles. The molecule has 140 valence electrons. The Morgan fingerprint density at radius 1 is 1.35 bits per heavy atom. The van der Waals surface area contributed by atoms with E-state index in [0.717, 1.165) is 18.7 Å². The van der Waals surface area contributed by atoms with Crippen molar-refractivity contribution in [2.75, 3.05) is 33.8 Å². The summed E-state index contributed by atoms with van der Waals surface area (Å²) in [6.45, 7) is 2.87. The van der Waals surface area contributed by atoms with E-state index in [9.17, 15) is 9.18 Å². The van der Waals surface area contributed by atoms with Crippen LogP contribution in [0.4, 0.5) is 4.39 Å². The zero-order valence-electron chi connectivity index (χ0n) is 15.3. The molecule has 0 N–H and O–H groups in total. The highest BCUT2D eigenvalue weighted by atomic mass is 19.1. The normalized spacial score (nSPS) is 17.1. The van der Waals surface area contributed by atoms with Crippen LogP contribution in [0.3, 0.4) is 0 Å². The van der Waals surface area contributed by atoms with E-state index in [0.29, 0.717) is 26.2 Å². The summed E-state index contributed by atoms with van der Waals surface area (Å²) in [4.78, 5) is 20.3. The minimum atomic E-state index is -0.455. The molecule has 0 aromatic carbocycles. The second-order valence-electron chi connectivity index (χ2n) is 6.96. The number of halogens is 1. The van der Waals surface area contributed by atoms with Crippen molar-refractivity contribution in [3.05, 3.63) is 48.2 Å². The van der Waals surface area contributed by atoms with E-state index in [4.69, 9.17) is 4.74 Å². The summed E-state index contributed by atoms with van der Waals surface area (Å²) in [5.41, 5.74) is 1.14. The van der Waals surface area contributed by atoms with Gasteiger partial charge in [-0.15, -0.1) is 0 Å². The van der Waals surface area contributed by atoms with Gasteiger partial charge in [-0.1, -0.05) is 0 Å². The van der Waals surface area contributed by atoms with Gasteiger partial charge < -0.3 is 19.1 Å². The Morgan fingerprint density at radius 3 is 2.96 bits per heavy atom. The van der Waals surface area contributed by atoms with E-state index in [2.05, 4.69) is 15.6 Å². The maximum atomic E-state index is 13.6. The monoisotopic (exact) mass is 360 g/mol. The molecule has 6 nitrogen and oxygen atoms in total. The van der Waals surface area contributed by atoms with Gasteiger partial charge in [0.05, 0.1) is 19.7 Å². The van der Waals surface area contributed by atoms with Gasteiger partial charge in [-0.25, -0.2) is 9.37 Å². The van der Waals surface area contributed by atoms with Crippen molar-refractivity contribution in [3.63, 3.8) is 0 Å². The van der Waals surface area contributed by atoms with Crippen LogP contribution in [-0.4, -0.2) is 59.0 Å². The number of ether oxygens (including phenoxy) is 1. The first kappa shape index (κ1) is 18.4. The summed E-state index contributed by atoms with van der Waals surface area (Å²) in [5.74, 6) is -0.0694. The summed E-state index contributed by atoms with van der Waals surface area (Å²) in [7, 11) is 3.79. The molecule has 0 saturated heterocycles. The average Bonchev–Trinajstić information content (AvgIpc) is 2.94. The lowest BCUT2D eigenvalue weighted by Crippen LogP contribution is -2.39. The smallest absolute Gasteiger partial charge is 0.250 e. The van der Waals surface area contributed by atoms with E-state index in [-0.39, 0.29) is 17.7 Å². The summed E-state index contributed by atoms with van der Waals surface area (Å²) in [6, 6.07) is 6.93. The van der Waals surface area contributed by atoms with E-state index < -0.39 is 5.82 Å². The van der Waals surface area contributed by atoms with Crippen LogP contribution in [0.1, 0.15) is 12.1 Å². The molecular formula is C19H25FN4O2. The van der Waals surface area contributed by atoms with Gasteiger partial charge in [0.1, 0.15) is 0 Å². The lowest BCUT2D eigenvalue weighted by Gasteiger charge is -2.25. The van der Waals surface area contributed by atoms with Gasteiger partial charge in [0.25, 0.3) is 0 Å². The largest absolute Gasteiger partial charge is 0.476 e. The Morgan fingerprint density at radius 2 is 2.19 bits per heavy atom. The van der Waals surface area contributed by atoms with E-state index in [1.165, 1.54) is 18.3 Å². The number of pyridine rings is 1. The van der Waals surface area contributed by atoms with Crippen LogP contribution in [-0.2, 0) is 17.9 Å². The summed E-state index contributed by atoms with van der Waals surface area (Å²) in [6.07, 6.45) is 4.28. The summed E-state index contributed by atoms with van der Waals surface area (Å²) < 4.78 is 21.3. The fourth-order valence-electron chi connectivity index (χ4n) is 3.22. The van der Waals surface area contributed by atoms with Crippen molar-refractivity contribution in [1.82, 2.24) is 19.4 Å². The minimum absolute atomic E-state index is 0.0308. The maximum absolute atomic E-state index is 13.6. The van der Waals surface area contributed by atoms with E-state index >= 15 is 0 Å². The number of amides is 1. The van der Waals surface area contributed by atoms with Gasteiger partial charge in [0.15, 0.2) is 5.82 Å². The van der Waals surface area contributed by atoms with E-state index in [1.54, 1.807) is 0 Å². The van der Waals surface area contributed by atoms with E-state index in [1.807, 2.05) is 36.2 Å². The predicted octanol–water partition coefficient (Wildman–Crippen LogP) is 2.01. The minimum Gasteiger partial charge on any atom is -0.476 e. The molecule has 7 heteroatoms. The average molecular weight is 360 g/mol. The molecule has 26 heavy (non-hydrogen) atoms. The van der Waals surface area contributed by atoms with Gasteiger partial charge >= 0.3 is 0 Å². The van der Waals surface area contributed by atoms with Crippen molar-refractivity contribution in [1.29, 1.82) is 0 Å². The second kappa shape index (κ2) is 8.31. The maximum Gasteiger partial charge on any atom is 0.250 e. The highest BCUT2D eigenvalue weighted by molar-refractivity contribution is 5.78. The lowest BCUT2D eigenvalue weighted by molar-refractivity contribution is -0.133. The number of hydrogen-bond donors (Lipinski definition) is 0. The van der Waals surface area contributed by atoms with Crippen LogP contribution >= 0.6 is 0 Å². The van der Waals surface area contributed by atoms with Crippen LogP contribution in [0.5, 0.6) is 5.88 Å². The van der Waals surface area contributed by atoms with Crippen molar-refractivity contribution < 1.29 is 13.9 Å². The number of hydrogen-bond acceptors (Lipinski definition) is 4. The number of likely N-dealkylation sites (N-methyl/N-ethyl adjacent to an activating group) is 1. The van der Waals surface area contributed by atoms with Gasteiger partial charge in [0, 0.05) is 31.2 Å². The molecule has 2 aromatic heterocycles. The molecule has 0 unspecified atom stereocenters. The molecule has 3 rings (SSSR count). The quantitative estimate of drug-likeness (QED) is 0.791. The number of fused-ring (bicyclic) bond motifs is 1. The number of carbonyl (C=O) groups excluding carboxylic acids is 1. The van der Waals surface area contributed by atoms with Crippen molar-refractivity contribution >= 4 is 5.91 Å². The van der Waals surface area contributed by atoms with Crippen LogP contribution in [0.25, 0.3) is 0 Å². The fraction of sp³-hybridized carbons (Fsp3) is 0.474. The lowest BCUT2D eigenvalue weighted by atomic mass is 10.1. The first-order valence-electron chi connectivity index (χ1n) is 8.82. The molecule has 1 aliphatic heterocycles. The Labute approximate surface area is 153 Å². The highest BCUT2D eigenvalue weighted by Gasteiger charge is 2.25. The highest BCUT2D eigenvalue weighted by Crippen LogP contribution is 2.20. The third-order valence-corrected chi connectivity index (χ3v) is 4.50. The number of rotatable bonds is 6. The first-order chi connectivity index (χ1) is 12.5. The zero-order valence-corrected chi connectivity index (χ0v) is 15.3. The standard InChI is InChI=1S/C19H25FN4O2/c1-22(2)14-18(25)24-12-15(11-23-9-4-5-16(23)13-24)7-10-26-19-17(20)6-3-8-21-19/h3-6,8-9,15H,7,10-14H2,1-2H3/t15-/m1/s1. The SMILES string of the molecule is CN(C)CC(=O)N1Cc2cccn2C[C@@H](CCOc2ncccc2F)C1. The molecule has 0 aliphatic carbocycles. The Hall–Kier alpha value is -2.41. The zero-order chi connectivity index (χ0) is 18.5. The Balaban J connectivity index is 1.64. The predicted molar refractivity (Wildman–Crippen MR) is 96.2 cm³/mol. The van der Waals surface area contributed by atoms with Crippen molar-refractivity contribution in [2.45, 2.75) is 19.5 Å². The Kier molecular flexibility index (Phi) is 5.88. The molecule has 0 bridgehead atoms. The van der Waals surface area contributed by atoms with Gasteiger partial charge in [-0.05, 0) is 50.7 Å². The summed E-state index contributed by atoms with van der Waals surface area (Å²) in [5, 5.41) is 0. The first-order valence-corrected chi connectivity index (χ1v) is 8.82. The Bertz CT molecular complexity index is 747. The molecule has 0 saturated carbocycles. The fourth-order valence-corrected chi connectivity index (χ4v) is 3.22. The third-order valence-electron chi connectivity index (χ3n) is 4.50. The van der Waals surface area contributed by atoms with Gasteiger partial charge in [-0.3, -0.25) is 4.79 Å².